The Hall–Kier alpha value is -2.02. The zero-order valence-corrected chi connectivity index (χ0v) is 13.3. The Morgan fingerprint density at radius 2 is 2.00 bits per heavy atom. The van der Waals surface area contributed by atoms with E-state index in [2.05, 4.69) is 10.1 Å². The van der Waals surface area contributed by atoms with Crippen molar-refractivity contribution in [3.63, 3.8) is 0 Å². The van der Waals surface area contributed by atoms with Gasteiger partial charge in [-0.25, -0.2) is 4.79 Å². The van der Waals surface area contributed by atoms with Crippen molar-refractivity contribution in [1.29, 1.82) is 0 Å². The fourth-order valence-electron chi connectivity index (χ4n) is 2.14. The molecule has 22 heavy (non-hydrogen) atoms. The first-order valence-corrected chi connectivity index (χ1v) is 8.08. The van der Waals surface area contributed by atoms with Crippen molar-refractivity contribution in [2.24, 2.45) is 0 Å². The van der Waals surface area contributed by atoms with E-state index in [1.807, 2.05) is 0 Å². The van der Waals surface area contributed by atoms with E-state index in [1.54, 1.807) is 47.9 Å². The minimum absolute atomic E-state index is 0.0220. The molecule has 1 N–H and O–H groups in total. The van der Waals surface area contributed by atoms with Crippen LogP contribution in [0.1, 0.15) is 23.7 Å². The number of esters is 1. The highest BCUT2D eigenvalue weighted by Crippen LogP contribution is 2.23. The number of thioether (sulfide) groups is 1. The molecule has 7 heteroatoms. The Kier molecular flexibility index (Phi) is 5.43. The van der Waals surface area contributed by atoms with Gasteiger partial charge in [0.2, 0.25) is 11.8 Å². The molecular weight excluding hydrogens is 304 g/mol. The zero-order chi connectivity index (χ0) is 16.1. The number of benzene rings is 1. The number of methoxy groups -OCH3 is 1. The van der Waals surface area contributed by atoms with E-state index < -0.39 is 12.0 Å². The number of hydrogen-bond acceptors (Lipinski definition) is 5. The summed E-state index contributed by atoms with van der Waals surface area (Å²) in [5.74, 6) is 0.484. The first-order chi connectivity index (χ1) is 10.6. The summed E-state index contributed by atoms with van der Waals surface area (Å²) in [6.45, 7) is 1.78. The first kappa shape index (κ1) is 16.4. The van der Waals surface area contributed by atoms with Crippen LogP contribution in [0.2, 0.25) is 0 Å². The minimum Gasteiger partial charge on any atom is -0.465 e. The summed E-state index contributed by atoms with van der Waals surface area (Å²) >= 11 is 1.57. The first-order valence-electron chi connectivity index (χ1n) is 6.93. The van der Waals surface area contributed by atoms with Gasteiger partial charge in [-0.15, -0.1) is 11.8 Å². The second-order valence-electron chi connectivity index (χ2n) is 4.79. The molecule has 1 aliphatic heterocycles. The number of anilines is 1. The maximum Gasteiger partial charge on any atom is 0.337 e. The van der Waals surface area contributed by atoms with Crippen LogP contribution < -0.4 is 5.32 Å². The quantitative estimate of drug-likeness (QED) is 0.854. The van der Waals surface area contributed by atoms with Crippen molar-refractivity contribution in [2.75, 3.05) is 24.1 Å². The molecule has 1 saturated heterocycles. The molecule has 2 rings (SSSR count). The number of nitrogens with zero attached hydrogens (tertiary/aromatic N) is 1. The van der Waals surface area contributed by atoms with Crippen molar-refractivity contribution in [1.82, 2.24) is 4.90 Å². The zero-order valence-electron chi connectivity index (χ0n) is 12.5. The lowest BCUT2D eigenvalue weighted by Crippen LogP contribution is -2.44. The highest BCUT2D eigenvalue weighted by Gasteiger charge is 2.33. The van der Waals surface area contributed by atoms with Crippen LogP contribution in [0.25, 0.3) is 0 Å². The highest BCUT2D eigenvalue weighted by atomic mass is 32.2. The number of ether oxygens (including phenoxy) is 1. The normalized spacial score (nSPS) is 17.2. The molecule has 118 valence electrons. The van der Waals surface area contributed by atoms with Gasteiger partial charge < -0.3 is 15.0 Å². The molecule has 1 aromatic rings. The van der Waals surface area contributed by atoms with E-state index in [9.17, 15) is 14.4 Å². The molecule has 0 aromatic heterocycles. The second kappa shape index (κ2) is 7.31. The van der Waals surface area contributed by atoms with E-state index >= 15 is 0 Å². The lowest BCUT2D eigenvalue weighted by Gasteiger charge is -2.22. The second-order valence-corrected chi connectivity index (χ2v) is 5.79. The molecule has 6 nitrogen and oxygen atoms in total. The Morgan fingerprint density at radius 3 is 2.59 bits per heavy atom. The fourth-order valence-corrected chi connectivity index (χ4v) is 3.32. The summed E-state index contributed by atoms with van der Waals surface area (Å²) in [6.07, 6.45) is 0.387. The van der Waals surface area contributed by atoms with Gasteiger partial charge in [0.15, 0.2) is 0 Å². The third-order valence-corrected chi connectivity index (χ3v) is 4.39. The average molecular weight is 322 g/mol. The third-order valence-electron chi connectivity index (χ3n) is 3.38. The Labute approximate surface area is 133 Å². The van der Waals surface area contributed by atoms with E-state index in [-0.39, 0.29) is 11.8 Å². The van der Waals surface area contributed by atoms with Crippen LogP contribution in [-0.2, 0) is 14.3 Å². The van der Waals surface area contributed by atoms with Crippen molar-refractivity contribution in [3.05, 3.63) is 29.8 Å². The Morgan fingerprint density at radius 1 is 1.32 bits per heavy atom. The number of carbonyl (C=O) groups is 3. The monoisotopic (exact) mass is 322 g/mol. The van der Waals surface area contributed by atoms with E-state index in [1.165, 1.54) is 7.11 Å². The molecule has 1 fully saturated rings. The molecule has 0 saturated carbocycles. The molecule has 0 aliphatic carbocycles. The van der Waals surface area contributed by atoms with Crippen molar-refractivity contribution in [2.45, 2.75) is 19.4 Å². The number of nitrogens with one attached hydrogen (secondary N) is 1. The molecule has 1 atom stereocenters. The van der Waals surface area contributed by atoms with Crippen LogP contribution in [0.4, 0.5) is 5.69 Å². The van der Waals surface area contributed by atoms with Crippen LogP contribution in [0.3, 0.4) is 0 Å². The topological polar surface area (TPSA) is 75.7 Å². The summed E-state index contributed by atoms with van der Waals surface area (Å²) in [7, 11) is 1.31. The average Bonchev–Trinajstić information content (AvgIpc) is 3.03. The summed E-state index contributed by atoms with van der Waals surface area (Å²) in [5, 5.41) is 2.78. The van der Waals surface area contributed by atoms with E-state index in [0.717, 1.165) is 0 Å². The number of amides is 2. The van der Waals surface area contributed by atoms with Gasteiger partial charge in [-0.3, -0.25) is 9.59 Å². The summed E-state index contributed by atoms with van der Waals surface area (Å²) in [6, 6.07) is 5.99. The van der Waals surface area contributed by atoms with Crippen LogP contribution in [0.5, 0.6) is 0 Å². The number of rotatable bonds is 4. The Balaban J connectivity index is 2.02. The molecule has 0 radical (unpaired) electrons. The van der Waals surface area contributed by atoms with E-state index in [4.69, 9.17) is 0 Å². The van der Waals surface area contributed by atoms with Gasteiger partial charge in [0, 0.05) is 17.9 Å². The number of hydrogen-bond donors (Lipinski definition) is 1. The Bertz CT molecular complexity index is 573. The SMILES string of the molecule is CCC(=O)N1CSC[C@H]1C(=O)Nc1ccc(C(=O)OC)cc1. The molecule has 1 aliphatic rings. The minimum atomic E-state index is -0.447. The van der Waals surface area contributed by atoms with Gasteiger partial charge in [0.05, 0.1) is 18.6 Å². The van der Waals surface area contributed by atoms with Gasteiger partial charge >= 0.3 is 5.97 Å². The lowest BCUT2D eigenvalue weighted by atomic mass is 10.2. The fraction of sp³-hybridized carbons (Fsp3) is 0.400. The van der Waals surface area contributed by atoms with Crippen molar-refractivity contribution in [3.8, 4) is 0 Å². The lowest BCUT2D eigenvalue weighted by molar-refractivity contribution is -0.135. The number of carbonyl (C=O) groups excluding carboxylic acids is 3. The van der Waals surface area contributed by atoms with Crippen LogP contribution >= 0.6 is 11.8 Å². The van der Waals surface area contributed by atoms with Gasteiger partial charge in [-0.05, 0) is 24.3 Å². The molecule has 0 bridgehead atoms. The summed E-state index contributed by atoms with van der Waals surface area (Å²) in [5.41, 5.74) is 0.998. The van der Waals surface area contributed by atoms with Gasteiger partial charge in [0.1, 0.15) is 6.04 Å². The predicted octanol–water partition coefficient (Wildman–Crippen LogP) is 1.72. The largest absolute Gasteiger partial charge is 0.465 e. The van der Waals surface area contributed by atoms with Gasteiger partial charge in [-0.1, -0.05) is 6.92 Å². The van der Waals surface area contributed by atoms with E-state index in [0.29, 0.717) is 29.3 Å². The van der Waals surface area contributed by atoms with Crippen molar-refractivity contribution < 1.29 is 19.1 Å². The van der Waals surface area contributed by atoms with Gasteiger partial charge in [0.25, 0.3) is 0 Å². The maximum atomic E-state index is 12.3. The molecule has 2 amide bonds. The molecular formula is C15H18N2O4S. The predicted molar refractivity (Wildman–Crippen MR) is 84.7 cm³/mol. The molecule has 1 aromatic carbocycles. The standard InChI is InChI=1S/C15H18N2O4S/c1-3-13(18)17-9-22-8-12(17)14(19)16-11-6-4-10(5-7-11)15(20)21-2/h4-7,12H,3,8-9H2,1-2H3,(H,16,19)/t12-/m0/s1. The molecule has 1 heterocycles. The van der Waals surface area contributed by atoms with Crippen LogP contribution in [-0.4, -0.2) is 47.5 Å². The van der Waals surface area contributed by atoms with Crippen LogP contribution in [0.15, 0.2) is 24.3 Å². The smallest absolute Gasteiger partial charge is 0.337 e. The highest BCUT2D eigenvalue weighted by molar-refractivity contribution is 7.99. The summed E-state index contributed by atoms with van der Waals surface area (Å²) in [4.78, 5) is 37.1. The molecule has 0 spiro atoms. The summed E-state index contributed by atoms with van der Waals surface area (Å²) < 4.78 is 4.62. The maximum absolute atomic E-state index is 12.3. The van der Waals surface area contributed by atoms with Crippen molar-refractivity contribution >= 4 is 35.2 Å². The van der Waals surface area contributed by atoms with Gasteiger partial charge in [-0.2, -0.15) is 0 Å². The van der Waals surface area contributed by atoms with Crippen LogP contribution in [0, 0.1) is 0 Å². The molecule has 0 unspecified atom stereocenters. The third kappa shape index (κ3) is 3.59.